The predicted molar refractivity (Wildman–Crippen MR) is 50.3 cm³/mol. The van der Waals surface area contributed by atoms with Gasteiger partial charge < -0.3 is 4.57 Å². The second-order valence-corrected chi connectivity index (χ2v) is 3.12. The van der Waals surface area contributed by atoms with Crippen LogP contribution in [0, 0.1) is 6.92 Å². The van der Waals surface area contributed by atoms with Crippen molar-refractivity contribution in [3.05, 3.63) is 48.0 Å². The molecule has 2 aromatic rings. The Kier molecular flexibility index (Phi) is 2.08. The Morgan fingerprint density at radius 1 is 1.23 bits per heavy atom. The molecule has 0 radical (unpaired) electrons. The summed E-state index contributed by atoms with van der Waals surface area (Å²) in [7, 11) is 0. The van der Waals surface area contributed by atoms with E-state index in [2.05, 4.69) is 41.4 Å². The highest BCUT2D eigenvalue weighted by atomic mass is 15.2. The van der Waals surface area contributed by atoms with Gasteiger partial charge in [0.05, 0.1) is 6.54 Å². The van der Waals surface area contributed by atoms with Gasteiger partial charge in [-0.2, -0.15) is 0 Å². The third-order valence-corrected chi connectivity index (χ3v) is 1.91. The van der Waals surface area contributed by atoms with Gasteiger partial charge in [-0.25, -0.2) is 0 Å². The highest BCUT2D eigenvalue weighted by Crippen LogP contribution is 2.05. The summed E-state index contributed by atoms with van der Waals surface area (Å²) in [5.41, 5.74) is 2.56. The minimum absolute atomic E-state index is 0.842. The van der Waals surface area contributed by atoms with Gasteiger partial charge in [-0.1, -0.05) is 29.8 Å². The first kappa shape index (κ1) is 7.98. The van der Waals surface area contributed by atoms with Gasteiger partial charge in [-0.05, 0) is 12.5 Å². The highest BCUT2D eigenvalue weighted by molar-refractivity contribution is 5.22. The molecule has 0 bridgehead atoms. The molecule has 3 heteroatoms. The van der Waals surface area contributed by atoms with Gasteiger partial charge in [0.2, 0.25) is 0 Å². The van der Waals surface area contributed by atoms with Crippen molar-refractivity contribution < 1.29 is 0 Å². The van der Waals surface area contributed by atoms with E-state index >= 15 is 0 Å². The quantitative estimate of drug-likeness (QED) is 0.691. The summed E-state index contributed by atoms with van der Waals surface area (Å²) in [5, 5.41) is 7.51. The van der Waals surface area contributed by atoms with E-state index in [1.54, 1.807) is 12.7 Å². The summed E-state index contributed by atoms with van der Waals surface area (Å²) in [6.07, 6.45) is 3.45. The number of nitrogens with zero attached hydrogens (tertiary/aromatic N) is 3. The topological polar surface area (TPSA) is 30.7 Å². The lowest BCUT2D eigenvalue weighted by atomic mass is 10.1. The summed E-state index contributed by atoms with van der Waals surface area (Å²) >= 11 is 0. The lowest BCUT2D eigenvalue weighted by molar-refractivity contribution is 0.793. The van der Waals surface area contributed by atoms with Gasteiger partial charge >= 0.3 is 0 Å². The zero-order valence-corrected chi connectivity index (χ0v) is 7.51. The number of hydrogen-bond acceptors (Lipinski definition) is 2. The van der Waals surface area contributed by atoms with Gasteiger partial charge in [0.15, 0.2) is 0 Å². The van der Waals surface area contributed by atoms with E-state index in [0.717, 1.165) is 6.54 Å². The molecule has 1 aromatic heterocycles. The molecule has 1 aromatic carbocycles. The molecule has 0 unspecified atom stereocenters. The Labute approximate surface area is 77.0 Å². The van der Waals surface area contributed by atoms with Crippen LogP contribution >= 0.6 is 0 Å². The van der Waals surface area contributed by atoms with E-state index in [1.165, 1.54) is 11.1 Å². The number of benzene rings is 1. The summed E-state index contributed by atoms with van der Waals surface area (Å²) in [6, 6.07) is 8.43. The Balaban J connectivity index is 2.19. The Hall–Kier alpha value is -1.64. The van der Waals surface area contributed by atoms with Crippen LogP contribution in [-0.4, -0.2) is 14.8 Å². The van der Waals surface area contributed by atoms with Crippen LogP contribution in [0.5, 0.6) is 0 Å². The Bertz CT molecular complexity index is 379. The Morgan fingerprint density at radius 2 is 2.00 bits per heavy atom. The summed E-state index contributed by atoms with van der Waals surface area (Å²) < 4.78 is 1.95. The second kappa shape index (κ2) is 3.39. The van der Waals surface area contributed by atoms with Crippen molar-refractivity contribution >= 4 is 0 Å². The van der Waals surface area contributed by atoms with E-state index < -0.39 is 0 Å². The van der Waals surface area contributed by atoms with E-state index in [-0.39, 0.29) is 0 Å². The Morgan fingerprint density at radius 3 is 2.69 bits per heavy atom. The van der Waals surface area contributed by atoms with Crippen LogP contribution in [0.15, 0.2) is 36.9 Å². The third kappa shape index (κ3) is 1.93. The molecule has 0 saturated carbocycles. The minimum Gasteiger partial charge on any atom is -0.316 e. The average Bonchev–Trinajstić information content (AvgIpc) is 2.57. The summed E-state index contributed by atoms with van der Waals surface area (Å²) in [4.78, 5) is 0. The first-order chi connectivity index (χ1) is 6.34. The van der Waals surface area contributed by atoms with Crippen LogP contribution in [-0.2, 0) is 6.54 Å². The average molecular weight is 173 g/mol. The molecule has 0 amide bonds. The van der Waals surface area contributed by atoms with Gasteiger partial charge in [-0.3, -0.25) is 0 Å². The van der Waals surface area contributed by atoms with Crippen LogP contribution in [0.2, 0.25) is 0 Å². The lowest BCUT2D eigenvalue weighted by Gasteiger charge is -2.01. The summed E-state index contributed by atoms with van der Waals surface area (Å²) in [6.45, 7) is 2.93. The standard InChI is InChI=1S/C10H11N3/c1-9-3-2-4-10(5-9)6-13-7-11-12-8-13/h2-5,7-8H,6H2,1H3. The van der Waals surface area contributed by atoms with Crippen LogP contribution in [0.4, 0.5) is 0 Å². The second-order valence-electron chi connectivity index (χ2n) is 3.12. The molecule has 0 saturated heterocycles. The summed E-state index contributed by atoms with van der Waals surface area (Å²) in [5.74, 6) is 0. The van der Waals surface area contributed by atoms with Crippen molar-refractivity contribution in [2.45, 2.75) is 13.5 Å². The minimum atomic E-state index is 0.842. The van der Waals surface area contributed by atoms with Crippen LogP contribution in [0.3, 0.4) is 0 Å². The van der Waals surface area contributed by atoms with E-state index in [4.69, 9.17) is 0 Å². The smallest absolute Gasteiger partial charge is 0.119 e. The molecular weight excluding hydrogens is 162 g/mol. The van der Waals surface area contributed by atoms with Crippen LogP contribution in [0.1, 0.15) is 11.1 Å². The fourth-order valence-electron chi connectivity index (χ4n) is 1.33. The molecule has 0 spiro atoms. The molecule has 0 atom stereocenters. The first-order valence-corrected chi connectivity index (χ1v) is 4.22. The van der Waals surface area contributed by atoms with Gasteiger partial charge in [0.1, 0.15) is 12.7 Å². The van der Waals surface area contributed by atoms with Crippen LogP contribution in [0.25, 0.3) is 0 Å². The van der Waals surface area contributed by atoms with Crippen molar-refractivity contribution in [2.75, 3.05) is 0 Å². The first-order valence-electron chi connectivity index (χ1n) is 4.22. The van der Waals surface area contributed by atoms with Crippen molar-refractivity contribution in [1.29, 1.82) is 0 Å². The number of aryl methyl sites for hydroxylation is 1. The molecule has 66 valence electrons. The molecule has 13 heavy (non-hydrogen) atoms. The van der Waals surface area contributed by atoms with Gasteiger partial charge in [0, 0.05) is 0 Å². The fourth-order valence-corrected chi connectivity index (χ4v) is 1.33. The monoisotopic (exact) mass is 173 g/mol. The maximum atomic E-state index is 3.75. The van der Waals surface area contributed by atoms with E-state index in [0.29, 0.717) is 0 Å². The molecular formula is C10H11N3. The van der Waals surface area contributed by atoms with Crippen molar-refractivity contribution in [3.8, 4) is 0 Å². The molecule has 1 heterocycles. The third-order valence-electron chi connectivity index (χ3n) is 1.91. The largest absolute Gasteiger partial charge is 0.316 e. The molecule has 0 N–H and O–H groups in total. The predicted octanol–water partition coefficient (Wildman–Crippen LogP) is 1.63. The van der Waals surface area contributed by atoms with E-state index in [9.17, 15) is 0 Å². The molecule has 0 aliphatic rings. The van der Waals surface area contributed by atoms with E-state index in [1.807, 2.05) is 4.57 Å². The van der Waals surface area contributed by atoms with Gasteiger partial charge in [0.25, 0.3) is 0 Å². The van der Waals surface area contributed by atoms with Crippen molar-refractivity contribution in [1.82, 2.24) is 14.8 Å². The highest BCUT2D eigenvalue weighted by Gasteiger charge is 1.94. The normalized spacial score (nSPS) is 10.2. The van der Waals surface area contributed by atoms with Gasteiger partial charge in [-0.15, -0.1) is 10.2 Å². The van der Waals surface area contributed by atoms with Crippen molar-refractivity contribution in [2.24, 2.45) is 0 Å². The number of hydrogen-bond donors (Lipinski definition) is 0. The number of aromatic nitrogens is 3. The molecule has 0 aliphatic heterocycles. The zero-order chi connectivity index (χ0) is 9.10. The maximum absolute atomic E-state index is 3.75. The molecule has 2 rings (SSSR count). The van der Waals surface area contributed by atoms with Crippen molar-refractivity contribution in [3.63, 3.8) is 0 Å². The number of rotatable bonds is 2. The fraction of sp³-hybridized carbons (Fsp3) is 0.200. The molecule has 3 nitrogen and oxygen atoms in total. The van der Waals surface area contributed by atoms with Crippen LogP contribution < -0.4 is 0 Å². The zero-order valence-electron chi connectivity index (χ0n) is 7.51. The maximum Gasteiger partial charge on any atom is 0.119 e. The molecule has 0 aliphatic carbocycles. The lowest BCUT2D eigenvalue weighted by Crippen LogP contribution is -1.96. The SMILES string of the molecule is Cc1cccc(Cn2cnnc2)c1. The molecule has 0 fully saturated rings.